The molecule has 0 saturated heterocycles. The fraction of sp³-hybridized carbons (Fsp3) is 0.167. The monoisotopic (exact) mass is 261 g/mol. The maximum absolute atomic E-state index is 11.7. The molecule has 1 heterocycles. The number of benzene rings is 2. The first-order valence-corrected chi connectivity index (χ1v) is 7.02. The molecular formula is C18H15NO. The molecule has 2 aromatic carbocycles. The molecule has 0 spiro atoms. The minimum absolute atomic E-state index is 0.132. The van der Waals surface area contributed by atoms with Crippen LogP contribution in [0, 0.1) is 0 Å². The first kappa shape index (κ1) is 11.5. The molecule has 4 rings (SSSR count). The largest absolute Gasteiger partial charge is 0.326 e. The molecule has 1 aliphatic carbocycles. The van der Waals surface area contributed by atoms with E-state index in [0.29, 0.717) is 12.3 Å². The van der Waals surface area contributed by atoms with E-state index < -0.39 is 0 Å². The summed E-state index contributed by atoms with van der Waals surface area (Å²) in [6, 6.07) is 19.0. The summed E-state index contributed by atoms with van der Waals surface area (Å²) in [5.41, 5.74) is 6.21. The Hall–Kier alpha value is -2.35. The number of carbonyl (C=O) groups is 1. The second-order valence-electron chi connectivity index (χ2n) is 5.38. The third-order valence-electron chi connectivity index (χ3n) is 4.23. The Kier molecular flexibility index (Phi) is 2.49. The normalized spacial score (nSPS) is 20.4. The van der Waals surface area contributed by atoms with Gasteiger partial charge in [0, 0.05) is 23.6 Å². The summed E-state index contributed by atoms with van der Waals surface area (Å²) < 4.78 is 0. The van der Waals surface area contributed by atoms with Gasteiger partial charge in [-0.05, 0) is 23.1 Å². The van der Waals surface area contributed by atoms with Crippen LogP contribution in [0.25, 0.3) is 5.70 Å². The molecule has 2 aromatic rings. The molecule has 1 aliphatic heterocycles. The highest BCUT2D eigenvalue weighted by molar-refractivity contribution is 5.94. The smallest absolute Gasteiger partial charge is 0.224 e. The van der Waals surface area contributed by atoms with Gasteiger partial charge < -0.3 is 5.32 Å². The highest BCUT2D eigenvalue weighted by Crippen LogP contribution is 2.47. The third kappa shape index (κ3) is 1.61. The van der Waals surface area contributed by atoms with Crippen molar-refractivity contribution in [1.29, 1.82) is 0 Å². The Bertz CT molecular complexity index is 715. The lowest BCUT2D eigenvalue weighted by Gasteiger charge is -2.20. The first-order valence-electron chi connectivity index (χ1n) is 7.02. The van der Waals surface area contributed by atoms with E-state index in [-0.39, 0.29) is 5.91 Å². The van der Waals surface area contributed by atoms with E-state index in [2.05, 4.69) is 47.8 Å². The molecule has 1 amide bonds. The van der Waals surface area contributed by atoms with Gasteiger partial charge in [-0.15, -0.1) is 0 Å². The fourth-order valence-corrected chi connectivity index (χ4v) is 3.37. The molecule has 1 atom stereocenters. The third-order valence-corrected chi connectivity index (χ3v) is 4.23. The number of hydrogen-bond acceptors (Lipinski definition) is 1. The second-order valence-corrected chi connectivity index (χ2v) is 5.38. The van der Waals surface area contributed by atoms with Gasteiger partial charge in [0.25, 0.3) is 0 Å². The maximum atomic E-state index is 11.7. The van der Waals surface area contributed by atoms with Crippen LogP contribution in [-0.2, 0) is 4.79 Å². The first-order chi connectivity index (χ1) is 9.84. The van der Waals surface area contributed by atoms with Crippen LogP contribution in [0.3, 0.4) is 0 Å². The number of carbonyl (C=O) groups excluding carboxylic acids is 1. The van der Waals surface area contributed by atoms with Gasteiger partial charge in [0.15, 0.2) is 0 Å². The van der Waals surface area contributed by atoms with Gasteiger partial charge in [-0.2, -0.15) is 0 Å². The average Bonchev–Trinajstić information content (AvgIpc) is 2.82. The Labute approximate surface area is 118 Å². The summed E-state index contributed by atoms with van der Waals surface area (Å²) in [7, 11) is 0. The lowest BCUT2D eigenvalue weighted by Crippen LogP contribution is -2.26. The maximum Gasteiger partial charge on any atom is 0.224 e. The summed E-state index contributed by atoms with van der Waals surface area (Å²) in [5, 5.41) is 3.07. The van der Waals surface area contributed by atoms with E-state index >= 15 is 0 Å². The quantitative estimate of drug-likeness (QED) is 0.837. The molecule has 1 unspecified atom stereocenters. The van der Waals surface area contributed by atoms with E-state index in [1.807, 2.05) is 12.1 Å². The van der Waals surface area contributed by atoms with E-state index in [9.17, 15) is 4.79 Å². The highest BCUT2D eigenvalue weighted by Gasteiger charge is 2.34. The van der Waals surface area contributed by atoms with Crippen LogP contribution in [0.5, 0.6) is 0 Å². The number of nitrogens with one attached hydrogen (secondary N) is 1. The predicted octanol–water partition coefficient (Wildman–Crippen LogP) is 3.45. The average molecular weight is 261 g/mol. The van der Waals surface area contributed by atoms with Gasteiger partial charge in [0.05, 0.1) is 0 Å². The lowest BCUT2D eigenvalue weighted by molar-refractivity contribution is -0.120. The number of hydrogen-bond donors (Lipinski definition) is 1. The number of fused-ring (bicyclic) bond motifs is 2. The van der Waals surface area contributed by atoms with Crippen molar-refractivity contribution in [3.63, 3.8) is 0 Å². The molecule has 2 nitrogen and oxygen atoms in total. The van der Waals surface area contributed by atoms with E-state index in [4.69, 9.17) is 0 Å². The Morgan fingerprint density at radius 2 is 1.65 bits per heavy atom. The number of rotatable bonds is 1. The topological polar surface area (TPSA) is 29.1 Å². The van der Waals surface area contributed by atoms with Crippen molar-refractivity contribution < 1.29 is 4.79 Å². The van der Waals surface area contributed by atoms with Gasteiger partial charge in [0.2, 0.25) is 5.91 Å². The zero-order chi connectivity index (χ0) is 13.5. The van der Waals surface area contributed by atoms with Crippen LogP contribution in [0.15, 0.2) is 60.2 Å². The Balaban J connectivity index is 1.92. The van der Waals surface area contributed by atoms with Crippen LogP contribution in [0.2, 0.25) is 0 Å². The van der Waals surface area contributed by atoms with Crippen molar-refractivity contribution in [2.75, 3.05) is 0 Å². The van der Waals surface area contributed by atoms with Crippen LogP contribution in [0.4, 0.5) is 0 Å². The van der Waals surface area contributed by atoms with Crippen LogP contribution in [-0.4, -0.2) is 5.91 Å². The molecule has 0 saturated carbocycles. The zero-order valence-corrected chi connectivity index (χ0v) is 11.1. The summed E-state index contributed by atoms with van der Waals surface area (Å²) in [4.78, 5) is 11.7. The van der Waals surface area contributed by atoms with Crippen LogP contribution in [0.1, 0.15) is 35.4 Å². The SMILES string of the molecule is O=C1CCC2=C(N1)c1ccccc1C2c1ccccc1. The van der Waals surface area contributed by atoms with Crippen molar-refractivity contribution >= 4 is 11.6 Å². The summed E-state index contributed by atoms with van der Waals surface area (Å²) in [6.45, 7) is 0. The molecule has 20 heavy (non-hydrogen) atoms. The predicted molar refractivity (Wildman–Crippen MR) is 79.0 cm³/mol. The van der Waals surface area contributed by atoms with Crippen molar-refractivity contribution in [2.24, 2.45) is 0 Å². The molecule has 0 fully saturated rings. The molecular weight excluding hydrogens is 246 g/mol. The van der Waals surface area contributed by atoms with Crippen LogP contribution < -0.4 is 5.32 Å². The number of allylic oxidation sites excluding steroid dienone is 1. The minimum Gasteiger partial charge on any atom is -0.326 e. The molecule has 0 aromatic heterocycles. The van der Waals surface area contributed by atoms with Gasteiger partial charge in [-0.3, -0.25) is 4.79 Å². The summed E-state index contributed by atoms with van der Waals surface area (Å²) >= 11 is 0. The standard InChI is InChI=1S/C18H15NO/c20-16-11-10-15-17(12-6-2-1-3-7-12)13-8-4-5-9-14(13)18(15)19-16/h1-9,17H,10-11H2,(H,19,20). The van der Waals surface area contributed by atoms with Gasteiger partial charge in [-0.25, -0.2) is 0 Å². The lowest BCUT2D eigenvalue weighted by atomic mass is 9.86. The van der Waals surface area contributed by atoms with E-state index in [1.54, 1.807) is 0 Å². The van der Waals surface area contributed by atoms with Crippen molar-refractivity contribution in [2.45, 2.75) is 18.8 Å². The van der Waals surface area contributed by atoms with Crippen molar-refractivity contribution in [3.8, 4) is 0 Å². The minimum atomic E-state index is 0.132. The molecule has 1 N–H and O–H groups in total. The van der Waals surface area contributed by atoms with Crippen molar-refractivity contribution in [1.82, 2.24) is 5.32 Å². The Morgan fingerprint density at radius 1 is 0.900 bits per heavy atom. The summed E-state index contributed by atoms with van der Waals surface area (Å²) in [5.74, 6) is 0.426. The van der Waals surface area contributed by atoms with E-state index in [0.717, 1.165) is 12.1 Å². The van der Waals surface area contributed by atoms with E-state index in [1.165, 1.54) is 22.3 Å². The molecule has 0 bridgehead atoms. The second kappa shape index (κ2) is 4.34. The fourth-order valence-electron chi connectivity index (χ4n) is 3.37. The van der Waals surface area contributed by atoms with Crippen LogP contribution >= 0.6 is 0 Å². The molecule has 98 valence electrons. The molecule has 2 aliphatic rings. The highest BCUT2D eigenvalue weighted by atomic mass is 16.1. The molecule has 0 radical (unpaired) electrons. The summed E-state index contributed by atoms with van der Waals surface area (Å²) in [6.07, 6.45) is 1.45. The Morgan fingerprint density at radius 3 is 2.50 bits per heavy atom. The molecule has 2 heteroatoms. The van der Waals surface area contributed by atoms with Gasteiger partial charge in [0.1, 0.15) is 0 Å². The zero-order valence-electron chi connectivity index (χ0n) is 11.1. The van der Waals surface area contributed by atoms with Crippen molar-refractivity contribution in [3.05, 3.63) is 76.9 Å². The van der Waals surface area contributed by atoms with Gasteiger partial charge >= 0.3 is 0 Å². The number of amides is 1. The van der Waals surface area contributed by atoms with Gasteiger partial charge in [-0.1, -0.05) is 54.6 Å².